The molecule has 16 heavy (non-hydrogen) atoms. The fraction of sp³-hybridized carbons (Fsp3) is 0.545. The molecule has 0 atom stereocenters. The molecule has 1 amide bonds. The van der Waals surface area contributed by atoms with Crippen LogP contribution in [0.5, 0.6) is 0 Å². The molecule has 0 aliphatic heterocycles. The van der Waals surface area contributed by atoms with Crippen molar-refractivity contribution in [3.63, 3.8) is 0 Å². The van der Waals surface area contributed by atoms with E-state index in [9.17, 15) is 4.79 Å². The average Bonchev–Trinajstić information content (AvgIpc) is 2.26. The van der Waals surface area contributed by atoms with E-state index in [-0.39, 0.29) is 11.9 Å². The van der Waals surface area contributed by atoms with Gasteiger partial charge in [-0.2, -0.15) is 0 Å². The predicted molar refractivity (Wildman–Crippen MR) is 63.4 cm³/mol. The van der Waals surface area contributed by atoms with Crippen LogP contribution < -0.4 is 10.6 Å². The normalized spacial score (nSPS) is 10.2. The highest BCUT2D eigenvalue weighted by molar-refractivity contribution is 5.92. The zero-order valence-corrected chi connectivity index (χ0v) is 9.95. The summed E-state index contributed by atoms with van der Waals surface area (Å²) in [5, 5.41) is 5.83. The van der Waals surface area contributed by atoms with Crippen LogP contribution in [0.4, 0.5) is 5.95 Å². The molecule has 0 spiro atoms. The second-order valence-electron chi connectivity index (χ2n) is 3.82. The summed E-state index contributed by atoms with van der Waals surface area (Å²) in [7, 11) is 0. The van der Waals surface area contributed by atoms with Crippen LogP contribution in [0.2, 0.25) is 0 Å². The minimum absolute atomic E-state index is 0.106. The SMILES string of the molecule is CCCNc1nccc(C(=O)NC(C)C)n1. The molecule has 1 rings (SSSR count). The van der Waals surface area contributed by atoms with Gasteiger partial charge >= 0.3 is 0 Å². The summed E-state index contributed by atoms with van der Waals surface area (Å²) in [6.07, 6.45) is 2.58. The van der Waals surface area contributed by atoms with Gasteiger partial charge in [0.1, 0.15) is 5.69 Å². The lowest BCUT2D eigenvalue weighted by atomic mass is 10.3. The molecule has 0 aliphatic carbocycles. The lowest BCUT2D eigenvalue weighted by molar-refractivity contribution is 0.0938. The van der Waals surface area contributed by atoms with Crippen molar-refractivity contribution in [2.45, 2.75) is 33.2 Å². The zero-order valence-electron chi connectivity index (χ0n) is 9.95. The third kappa shape index (κ3) is 3.84. The molecule has 0 unspecified atom stereocenters. The molecular weight excluding hydrogens is 204 g/mol. The van der Waals surface area contributed by atoms with Gasteiger partial charge in [-0.25, -0.2) is 9.97 Å². The van der Waals surface area contributed by atoms with Crippen LogP contribution in [0.15, 0.2) is 12.3 Å². The number of rotatable bonds is 5. The molecule has 0 saturated carbocycles. The van der Waals surface area contributed by atoms with Crippen molar-refractivity contribution < 1.29 is 4.79 Å². The Balaban J connectivity index is 2.69. The summed E-state index contributed by atoms with van der Waals surface area (Å²) in [6.45, 7) is 6.68. The number of carbonyl (C=O) groups is 1. The predicted octanol–water partition coefficient (Wildman–Crippen LogP) is 1.44. The smallest absolute Gasteiger partial charge is 0.270 e. The molecule has 1 heterocycles. The molecule has 1 aromatic rings. The van der Waals surface area contributed by atoms with Gasteiger partial charge in [-0.1, -0.05) is 6.92 Å². The highest BCUT2D eigenvalue weighted by Gasteiger charge is 2.09. The maximum Gasteiger partial charge on any atom is 0.270 e. The lowest BCUT2D eigenvalue weighted by Crippen LogP contribution is -2.31. The molecule has 0 saturated heterocycles. The Morgan fingerprint density at radius 3 is 2.88 bits per heavy atom. The summed E-state index contributed by atoms with van der Waals surface area (Å²) < 4.78 is 0. The van der Waals surface area contributed by atoms with Crippen LogP contribution in [-0.2, 0) is 0 Å². The summed E-state index contributed by atoms with van der Waals surface area (Å²) in [5.74, 6) is 0.329. The van der Waals surface area contributed by atoms with Crippen LogP contribution in [0.25, 0.3) is 0 Å². The van der Waals surface area contributed by atoms with E-state index in [0.29, 0.717) is 11.6 Å². The van der Waals surface area contributed by atoms with Crippen molar-refractivity contribution in [2.75, 3.05) is 11.9 Å². The molecule has 5 heteroatoms. The molecule has 0 radical (unpaired) electrons. The van der Waals surface area contributed by atoms with Crippen LogP contribution >= 0.6 is 0 Å². The van der Waals surface area contributed by atoms with Crippen molar-refractivity contribution in [3.8, 4) is 0 Å². The van der Waals surface area contributed by atoms with E-state index in [2.05, 4.69) is 27.5 Å². The van der Waals surface area contributed by atoms with E-state index in [4.69, 9.17) is 0 Å². The maximum atomic E-state index is 11.7. The number of hydrogen-bond donors (Lipinski definition) is 2. The average molecular weight is 222 g/mol. The van der Waals surface area contributed by atoms with E-state index in [0.717, 1.165) is 13.0 Å². The van der Waals surface area contributed by atoms with Gasteiger partial charge in [-0.05, 0) is 26.3 Å². The monoisotopic (exact) mass is 222 g/mol. The largest absolute Gasteiger partial charge is 0.354 e. The van der Waals surface area contributed by atoms with Crippen LogP contribution in [0, 0.1) is 0 Å². The van der Waals surface area contributed by atoms with Gasteiger partial charge in [-0.15, -0.1) is 0 Å². The summed E-state index contributed by atoms with van der Waals surface area (Å²) in [6, 6.07) is 1.71. The Hall–Kier alpha value is -1.65. The maximum absolute atomic E-state index is 11.7. The van der Waals surface area contributed by atoms with E-state index in [1.54, 1.807) is 12.3 Å². The second-order valence-corrected chi connectivity index (χ2v) is 3.82. The highest BCUT2D eigenvalue weighted by atomic mass is 16.1. The fourth-order valence-corrected chi connectivity index (χ4v) is 1.14. The van der Waals surface area contributed by atoms with Crippen molar-refractivity contribution in [3.05, 3.63) is 18.0 Å². The number of hydrogen-bond acceptors (Lipinski definition) is 4. The molecule has 0 bridgehead atoms. The second kappa shape index (κ2) is 6.05. The van der Waals surface area contributed by atoms with E-state index in [1.807, 2.05) is 13.8 Å². The van der Waals surface area contributed by atoms with Gasteiger partial charge in [0.2, 0.25) is 5.95 Å². The Morgan fingerprint density at radius 2 is 2.25 bits per heavy atom. The molecule has 2 N–H and O–H groups in total. The highest BCUT2D eigenvalue weighted by Crippen LogP contribution is 2.01. The van der Waals surface area contributed by atoms with Crippen molar-refractivity contribution >= 4 is 11.9 Å². The van der Waals surface area contributed by atoms with Crippen LogP contribution in [0.3, 0.4) is 0 Å². The lowest BCUT2D eigenvalue weighted by Gasteiger charge is -2.08. The number of anilines is 1. The van der Waals surface area contributed by atoms with Gasteiger partial charge in [0.15, 0.2) is 0 Å². The standard InChI is InChI=1S/C11H18N4O/c1-4-6-12-11-13-7-5-9(15-11)10(16)14-8(2)3/h5,7-8H,4,6H2,1-3H3,(H,14,16)(H,12,13,15). The molecule has 5 nitrogen and oxygen atoms in total. The van der Waals surface area contributed by atoms with Crippen molar-refractivity contribution in [1.29, 1.82) is 0 Å². The van der Waals surface area contributed by atoms with Gasteiger partial charge in [0.05, 0.1) is 0 Å². The van der Waals surface area contributed by atoms with E-state index < -0.39 is 0 Å². The topological polar surface area (TPSA) is 66.9 Å². The minimum atomic E-state index is -0.169. The Kier molecular flexibility index (Phi) is 4.69. The summed E-state index contributed by atoms with van der Waals surface area (Å²) >= 11 is 0. The number of nitrogens with zero attached hydrogens (tertiary/aromatic N) is 2. The molecule has 0 aliphatic rings. The van der Waals surface area contributed by atoms with Crippen molar-refractivity contribution in [2.24, 2.45) is 0 Å². The number of nitrogens with one attached hydrogen (secondary N) is 2. The number of amides is 1. The number of aromatic nitrogens is 2. The number of carbonyl (C=O) groups excluding carboxylic acids is 1. The quantitative estimate of drug-likeness (QED) is 0.791. The third-order valence-corrected chi connectivity index (χ3v) is 1.84. The summed E-state index contributed by atoms with van der Waals surface area (Å²) in [5.41, 5.74) is 0.391. The first kappa shape index (κ1) is 12.4. The van der Waals surface area contributed by atoms with Crippen LogP contribution in [-0.4, -0.2) is 28.5 Å². The van der Waals surface area contributed by atoms with Gasteiger partial charge in [-0.3, -0.25) is 4.79 Å². The van der Waals surface area contributed by atoms with E-state index >= 15 is 0 Å². The molecule has 0 aromatic carbocycles. The summed E-state index contributed by atoms with van der Waals surface area (Å²) in [4.78, 5) is 19.8. The zero-order chi connectivity index (χ0) is 12.0. The van der Waals surface area contributed by atoms with E-state index in [1.165, 1.54) is 0 Å². The first-order valence-electron chi connectivity index (χ1n) is 5.51. The van der Waals surface area contributed by atoms with Gasteiger partial charge in [0.25, 0.3) is 5.91 Å². The first-order valence-corrected chi connectivity index (χ1v) is 5.51. The van der Waals surface area contributed by atoms with Gasteiger partial charge < -0.3 is 10.6 Å². The molecule has 0 fully saturated rings. The Morgan fingerprint density at radius 1 is 1.50 bits per heavy atom. The molecular formula is C11H18N4O. The minimum Gasteiger partial charge on any atom is -0.354 e. The first-order chi connectivity index (χ1) is 7.63. The Labute approximate surface area is 95.7 Å². The Bertz CT molecular complexity index is 352. The molecule has 1 aromatic heterocycles. The van der Waals surface area contributed by atoms with Crippen molar-refractivity contribution in [1.82, 2.24) is 15.3 Å². The third-order valence-electron chi connectivity index (χ3n) is 1.84. The fourth-order valence-electron chi connectivity index (χ4n) is 1.14. The van der Waals surface area contributed by atoms with Gasteiger partial charge in [0, 0.05) is 18.8 Å². The van der Waals surface area contributed by atoms with Crippen LogP contribution in [0.1, 0.15) is 37.7 Å². The molecule has 88 valence electrons.